The maximum absolute atomic E-state index is 10.7. The number of phenolic OH excluding ortho intramolecular Hbond substituents is 3. The monoisotopic (exact) mass is 659 g/mol. The van der Waals surface area contributed by atoms with Gasteiger partial charge in [0.25, 0.3) is 0 Å². The molecule has 0 aliphatic carbocycles. The number of aliphatic carboxylic acids is 1. The third-order valence-electron chi connectivity index (χ3n) is 7.37. The topological polar surface area (TPSA) is 290 Å². The van der Waals surface area contributed by atoms with Crippen molar-refractivity contribution in [1.82, 2.24) is 5.32 Å². The fourth-order valence-corrected chi connectivity index (χ4v) is 4.50. The van der Waals surface area contributed by atoms with Crippen molar-refractivity contribution < 1.29 is 75.5 Å². The van der Waals surface area contributed by atoms with Crippen LogP contribution in [0.5, 0.6) is 17.2 Å². The van der Waals surface area contributed by atoms with E-state index < -0.39 is 74.3 Å². The van der Waals surface area contributed by atoms with Gasteiger partial charge in [-0.1, -0.05) is 18.2 Å². The Bertz CT molecular complexity index is 1180. The third kappa shape index (κ3) is 11.6. The molecule has 1 aliphatic rings. The molecule has 2 aromatic carbocycles. The van der Waals surface area contributed by atoms with Gasteiger partial charge in [-0.25, -0.2) is 4.79 Å². The van der Waals surface area contributed by atoms with E-state index in [4.69, 9.17) is 24.8 Å². The molecule has 0 amide bonds. The molecular weight excluding hydrogens is 614 g/mol. The number of rotatable bonds is 15. The maximum atomic E-state index is 10.7. The van der Waals surface area contributed by atoms with Crippen molar-refractivity contribution >= 4 is 5.97 Å². The molecular formula is C30H45NO15. The third-order valence-corrected chi connectivity index (χ3v) is 7.37. The summed E-state index contributed by atoms with van der Waals surface area (Å²) in [6.07, 6.45) is -14.1. The highest BCUT2D eigenvalue weighted by atomic mass is 16.7. The SMILES string of the molecule is CC(CCc1ccc(O)cc1)NCCc1ccc(O)c(O)c1.O=C(O)[C@H](O)[C@@H](O)[C@H](O[C@@H]1O[C@H](CO)[C@H](O)[C@H](O)[C@H]1O)[C@H](O)CO. The number of aryl methyl sites for hydroxylation is 1. The van der Waals surface area contributed by atoms with Gasteiger partial charge in [-0.2, -0.15) is 0 Å². The molecule has 0 aromatic heterocycles. The van der Waals surface area contributed by atoms with Crippen molar-refractivity contribution in [3.63, 3.8) is 0 Å². The molecule has 0 spiro atoms. The van der Waals surface area contributed by atoms with Crippen LogP contribution in [0, 0.1) is 0 Å². The minimum Gasteiger partial charge on any atom is -0.508 e. The number of hydrogen-bond acceptors (Lipinski definition) is 15. The molecule has 1 saturated heterocycles. The summed E-state index contributed by atoms with van der Waals surface area (Å²) in [5, 5.41) is 116. The summed E-state index contributed by atoms with van der Waals surface area (Å²) in [5.41, 5.74) is 2.21. The minimum atomic E-state index is -2.39. The number of ether oxygens (including phenoxy) is 2. The summed E-state index contributed by atoms with van der Waals surface area (Å²) >= 11 is 0. The van der Waals surface area contributed by atoms with Gasteiger partial charge in [0.2, 0.25) is 0 Å². The van der Waals surface area contributed by atoms with Crippen LogP contribution in [0.3, 0.4) is 0 Å². The van der Waals surface area contributed by atoms with Crippen LogP contribution >= 0.6 is 0 Å². The van der Waals surface area contributed by atoms with E-state index in [0.29, 0.717) is 11.8 Å². The van der Waals surface area contributed by atoms with Gasteiger partial charge in [-0.15, -0.1) is 0 Å². The lowest BCUT2D eigenvalue weighted by molar-refractivity contribution is -0.326. The Morgan fingerprint density at radius 2 is 1.52 bits per heavy atom. The zero-order valence-electron chi connectivity index (χ0n) is 25.1. The van der Waals surface area contributed by atoms with Crippen LogP contribution in [0.2, 0.25) is 0 Å². The van der Waals surface area contributed by atoms with Crippen LogP contribution < -0.4 is 5.32 Å². The number of aliphatic hydroxyl groups excluding tert-OH is 8. The van der Waals surface area contributed by atoms with E-state index in [1.165, 1.54) is 11.6 Å². The number of carbonyl (C=O) groups is 1. The predicted molar refractivity (Wildman–Crippen MR) is 159 cm³/mol. The lowest BCUT2D eigenvalue weighted by Crippen LogP contribution is -2.61. The molecule has 0 bridgehead atoms. The van der Waals surface area contributed by atoms with Crippen LogP contribution in [0.4, 0.5) is 0 Å². The van der Waals surface area contributed by atoms with Crippen molar-refractivity contribution in [2.24, 2.45) is 0 Å². The molecule has 10 atom stereocenters. The Morgan fingerprint density at radius 1 is 0.891 bits per heavy atom. The second kappa shape index (κ2) is 18.9. The summed E-state index contributed by atoms with van der Waals surface area (Å²) in [4.78, 5) is 10.7. The first-order chi connectivity index (χ1) is 21.7. The van der Waals surface area contributed by atoms with Crippen molar-refractivity contribution in [2.75, 3.05) is 19.8 Å². The van der Waals surface area contributed by atoms with E-state index >= 15 is 0 Å². The van der Waals surface area contributed by atoms with Gasteiger partial charge in [-0.05, 0) is 68.1 Å². The maximum Gasteiger partial charge on any atom is 0.335 e. The molecule has 1 unspecified atom stereocenters. The van der Waals surface area contributed by atoms with Crippen molar-refractivity contribution in [2.45, 2.75) is 87.3 Å². The van der Waals surface area contributed by atoms with Crippen molar-refractivity contribution in [3.05, 3.63) is 53.6 Å². The predicted octanol–water partition coefficient (Wildman–Crippen LogP) is -2.71. The largest absolute Gasteiger partial charge is 0.508 e. The van der Waals surface area contributed by atoms with E-state index in [1.54, 1.807) is 18.2 Å². The minimum absolute atomic E-state index is 0.0714. The summed E-state index contributed by atoms with van der Waals surface area (Å²) in [6, 6.07) is 12.6. The standard InChI is InChI=1S/C18H23NO3.C12H22O12/c1-13(2-3-14-4-7-16(20)8-5-14)19-11-10-15-6-9-17(21)18(22)12-15;13-1-3(15)10(7(18)8(19)11(21)22)24-12-9(20)6(17)5(16)4(2-14)23-12/h4-9,12-13,19-22H,2-3,10-11H2,1H3;3-10,12-20H,1-2H2,(H,21,22)/t;3-,4-,5+,6+,7-,8-,9-,10-,12+/m.1/s1. The molecule has 0 radical (unpaired) electrons. The van der Waals surface area contributed by atoms with Crippen LogP contribution in [0.15, 0.2) is 42.5 Å². The van der Waals surface area contributed by atoms with Crippen molar-refractivity contribution in [1.29, 1.82) is 0 Å². The summed E-state index contributed by atoms with van der Waals surface area (Å²) < 4.78 is 9.98. The Labute approximate surface area is 265 Å². The van der Waals surface area contributed by atoms with Gasteiger partial charge in [0.1, 0.15) is 48.5 Å². The number of carboxylic acid groups (broad SMARTS) is 1. The highest BCUT2D eigenvalue weighted by Crippen LogP contribution is 2.26. The summed E-state index contributed by atoms with van der Waals surface area (Å²) in [6.45, 7) is 1.21. The van der Waals surface area contributed by atoms with Crippen LogP contribution in [-0.4, -0.2) is 148 Å². The molecule has 0 saturated carbocycles. The molecule has 1 fully saturated rings. The highest BCUT2D eigenvalue weighted by Gasteiger charge is 2.47. The van der Waals surface area contributed by atoms with Crippen LogP contribution in [0.1, 0.15) is 24.5 Å². The Hall–Kier alpha value is -3.13. The number of nitrogens with one attached hydrogen (secondary N) is 1. The first kappa shape index (κ1) is 39.1. The van der Waals surface area contributed by atoms with Crippen LogP contribution in [-0.2, 0) is 27.1 Å². The molecule has 2 aromatic rings. The number of phenols is 3. The number of carboxylic acids is 1. The van der Waals surface area contributed by atoms with E-state index in [-0.39, 0.29) is 11.5 Å². The number of aromatic hydroxyl groups is 3. The van der Waals surface area contributed by atoms with Gasteiger partial charge in [0, 0.05) is 6.04 Å². The quantitative estimate of drug-likeness (QED) is 0.0865. The fourth-order valence-electron chi connectivity index (χ4n) is 4.50. The number of benzene rings is 2. The normalized spacial score (nSPS) is 24.6. The average molecular weight is 660 g/mol. The Morgan fingerprint density at radius 3 is 2.09 bits per heavy atom. The first-order valence-electron chi connectivity index (χ1n) is 14.6. The Kier molecular flexibility index (Phi) is 16.0. The molecule has 16 nitrogen and oxygen atoms in total. The van der Waals surface area contributed by atoms with Gasteiger partial charge < -0.3 is 76.1 Å². The fraction of sp³-hybridized carbons (Fsp3) is 0.567. The Balaban J connectivity index is 0.000000321. The van der Waals surface area contributed by atoms with Gasteiger partial charge in [0.15, 0.2) is 23.9 Å². The lowest BCUT2D eigenvalue weighted by Gasteiger charge is -2.42. The molecule has 1 heterocycles. The number of hydrogen-bond donors (Lipinski definition) is 13. The van der Waals surface area contributed by atoms with E-state index in [1.807, 2.05) is 18.2 Å². The lowest BCUT2D eigenvalue weighted by atomic mass is 9.98. The van der Waals surface area contributed by atoms with Crippen molar-refractivity contribution in [3.8, 4) is 17.2 Å². The van der Waals surface area contributed by atoms with Gasteiger partial charge >= 0.3 is 5.97 Å². The highest BCUT2D eigenvalue weighted by molar-refractivity contribution is 5.72. The summed E-state index contributed by atoms with van der Waals surface area (Å²) in [7, 11) is 0. The van der Waals surface area contributed by atoms with Gasteiger partial charge in [-0.3, -0.25) is 0 Å². The van der Waals surface area contributed by atoms with Crippen LogP contribution in [0.25, 0.3) is 0 Å². The zero-order valence-corrected chi connectivity index (χ0v) is 25.1. The van der Waals surface area contributed by atoms with E-state index in [0.717, 1.165) is 31.4 Å². The molecule has 16 heteroatoms. The second-order valence-electron chi connectivity index (χ2n) is 11.0. The molecule has 1 aliphatic heterocycles. The zero-order chi connectivity index (χ0) is 34.6. The van der Waals surface area contributed by atoms with E-state index in [9.17, 15) is 50.8 Å². The second-order valence-corrected chi connectivity index (χ2v) is 11.0. The summed E-state index contributed by atoms with van der Waals surface area (Å²) in [5.74, 6) is -1.70. The first-order valence-corrected chi connectivity index (χ1v) is 14.6. The molecule has 260 valence electrons. The average Bonchev–Trinajstić information content (AvgIpc) is 3.04. The smallest absolute Gasteiger partial charge is 0.335 e. The molecule has 13 N–H and O–H groups in total. The molecule has 46 heavy (non-hydrogen) atoms. The van der Waals surface area contributed by atoms with E-state index in [2.05, 4.69) is 12.2 Å². The molecule has 3 rings (SSSR count). The number of aliphatic hydroxyl groups is 8. The van der Waals surface area contributed by atoms with Gasteiger partial charge in [0.05, 0.1) is 13.2 Å².